The number of rotatable bonds is 6. The Bertz CT molecular complexity index is 982. The van der Waals surface area contributed by atoms with Crippen LogP contribution in [-0.2, 0) is 11.8 Å². The molecule has 0 atom stereocenters. The Morgan fingerprint density at radius 1 is 1.24 bits per heavy atom. The molecule has 1 aromatic carbocycles. The van der Waals surface area contributed by atoms with Crippen LogP contribution in [0.5, 0.6) is 5.75 Å². The van der Waals surface area contributed by atoms with E-state index in [-0.39, 0.29) is 5.91 Å². The molecule has 152 valence electrons. The molecule has 0 saturated carbocycles. The van der Waals surface area contributed by atoms with E-state index in [9.17, 15) is 4.79 Å². The SMILES string of the molecule is COc1ccccc1-c1nnc(C2CCN(C(=O)CSc3nnnn3C)CC2)s1. The van der Waals surface area contributed by atoms with E-state index >= 15 is 0 Å². The van der Waals surface area contributed by atoms with Gasteiger partial charge in [-0.15, -0.1) is 15.3 Å². The zero-order chi connectivity index (χ0) is 20.2. The third kappa shape index (κ3) is 4.40. The minimum Gasteiger partial charge on any atom is -0.496 e. The Morgan fingerprint density at radius 2 is 2.03 bits per heavy atom. The van der Waals surface area contributed by atoms with Gasteiger partial charge in [0.2, 0.25) is 11.1 Å². The minimum absolute atomic E-state index is 0.114. The normalized spacial score (nSPS) is 14.9. The highest BCUT2D eigenvalue weighted by molar-refractivity contribution is 7.99. The second-order valence-corrected chi connectivity index (χ2v) is 8.63. The summed E-state index contributed by atoms with van der Waals surface area (Å²) < 4.78 is 7.00. The van der Waals surface area contributed by atoms with Crippen molar-refractivity contribution in [3.63, 3.8) is 0 Å². The number of thioether (sulfide) groups is 1. The van der Waals surface area contributed by atoms with Crippen LogP contribution in [0, 0.1) is 0 Å². The summed E-state index contributed by atoms with van der Waals surface area (Å²) in [7, 11) is 3.42. The van der Waals surface area contributed by atoms with Gasteiger partial charge in [0.25, 0.3) is 0 Å². The van der Waals surface area contributed by atoms with Gasteiger partial charge in [0.15, 0.2) is 5.01 Å². The summed E-state index contributed by atoms with van der Waals surface area (Å²) in [5, 5.41) is 22.6. The van der Waals surface area contributed by atoms with Crippen molar-refractivity contribution in [1.29, 1.82) is 0 Å². The van der Waals surface area contributed by atoms with Crippen molar-refractivity contribution in [2.75, 3.05) is 26.0 Å². The van der Waals surface area contributed by atoms with Gasteiger partial charge in [-0.25, -0.2) is 4.68 Å². The summed E-state index contributed by atoms with van der Waals surface area (Å²) in [6, 6.07) is 7.83. The molecule has 2 aromatic heterocycles. The fourth-order valence-corrected chi connectivity index (χ4v) is 5.06. The molecule has 11 heteroatoms. The number of amides is 1. The molecule has 3 heterocycles. The molecule has 4 rings (SSSR count). The van der Waals surface area contributed by atoms with Crippen LogP contribution >= 0.6 is 23.1 Å². The fourth-order valence-electron chi connectivity index (χ4n) is 3.27. The first-order chi connectivity index (χ1) is 14.2. The van der Waals surface area contributed by atoms with Gasteiger partial charge >= 0.3 is 0 Å². The van der Waals surface area contributed by atoms with Crippen LogP contribution in [0.2, 0.25) is 0 Å². The molecule has 1 aliphatic heterocycles. The summed E-state index contributed by atoms with van der Waals surface area (Å²) in [6.45, 7) is 1.45. The predicted octanol–water partition coefficient (Wildman–Crippen LogP) is 2.24. The maximum Gasteiger partial charge on any atom is 0.233 e. The second kappa shape index (κ2) is 8.87. The topological polar surface area (TPSA) is 98.9 Å². The van der Waals surface area contributed by atoms with Gasteiger partial charge in [-0.3, -0.25) is 4.79 Å². The molecule has 3 aromatic rings. The van der Waals surface area contributed by atoms with E-state index < -0.39 is 0 Å². The molecule has 1 saturated heterocycles. The van der Waals surface area contributed by atoms with Crippen LogP contribution in [0.4, 0.5) is 0 Å². The van der Waals surface area contributed by atoms with Crippen molar-refractivity contribution in [2.24, 2.45) is 7.05 Å². The Morgan fingerprint density at radius 3 is 2.76 bits per heavy atom. The molecule has 0 unspecified atom stereocenters. The number of hydrogen-bond acceptors (Lipinski definition) is 9. The van der Waals surface area contributed by atoms with E-state index in [2.05, 4.69) is 25.7 Å². The molecule has 1 amide bonds. The lowest BCUT2D eigenvalue weighted by Gasteiger charge is -2.30. The number of methoxy groups -OCH3 is 1. The van der Waals surface area contributed by atoms with E-state index in [1.807, 2.05) is 29.2 Å². The molecular weight excluding hydrogens is 410 g/mol. The maximum atomic E-state index is 12.5. The van der Waals surface area contributed by atoms with Crippen LogP contribution in [-0.4, -0.2) is 67.2 Å². The van der Waals surface area contributed by atoms with Crippen molar-refractivity contribution >= 4 is 29.0 Å². The molecular formula is C18H21N7O2S2. The molecule has 0 radical (unpaired) electrons. The van der Waals surface area contributed by atoms with Gasteiger partial charge < -0.3 is 9.64 Å². The van der Waals surface area contributed by atoms with Gasteiger partial charge in [-0.05, 0) is 35.4 Å². The molecule has 1 aliphatic rings. The summed E-state index contributed by atoms with van der Waals surface area (Å²) in [5.74, 6) is 1.58. The largest absolute Gasteiger partial charge is 0.496 e. The lowest BCUT2D eigenvalue weighted by atomic mass is 9.98. The van der Waals surface area contributed by atoms with Crippen LogP contribution in [0.15, 0.2) is 29.4 Å². The van der Waals surface area contributed by atoms with E-state index in [1.165, 1.54) is 11.8 Å². The number of nitrogens with zero attached hydrogens (tertiary/aromatic N) is 7. The molecule has 0 spiro atoms. The monoisotopic (exact) mass is 431 g/mol. The number of aryl methyl sites for hydroxylation is 1. The summed E-state index contributed by atoms with van der Waals surface area (Å²) in [6.07, 6.45) is 1.78. The zero-order valence-corrected chi connectivity index (χ0v) is 17.8. The van der Waals surface area contributed by atoms with Crippen LogP contribution in [0.3, 0.4) is 0 Å². The summed E-state index contributed by atoms with van der Waals surface area (Å²) in [5.41, 5.74) is 0.960. The van der Waals surface area contributed by atoms with Crippen LogP contribution in [0.25, 0.3) is 10.6 Å². The van der Waals surface area contributed by atoms with Crippen LogP contribution < -0.4 is 4.74 Å². The number of ether oxygens (including phenoxy) is 1. The molecule has 1 fully saturated rings. The lowest BCUT2D eigenvalue weighted by molar-refractivity contribution is -0.129. The number of carbonyl (C=O) groups excluding carboxylic acids is 1. The Hall–Kier alpha value is -2.53. The Labute approximate surface area is 176 Å². The number of para-hydroxylation sites is 1. The first-order valence-corrected chi connectivity index (χ1v) is 11.1. The zero-order valence-electron chi connectivity index (χ0n) is 16.2. The van der Waals surface area contributed by atoms with Gasteiger partial charge in [-0.1, -0.05) is 35.2 Å². The fraction of sp³-hybridized carbons (Fsp3) is 0.444. The average Bonchev–Trinajstić information content (AvgIpc) is 3.41. The highest BCUT2D eigenvalue weighted by atomic mass is 32.2. The van der Waals surface area contributed by atoms with E-state index in [0.717, 1.165) is 47.3 Å². The smallest absolute Gasteiger partial charge is 0.233 e. The number of carbonyl (C=O) groups is 1. The highest BCUT2D eigenvalue weighted by Crippen LogP contribution is 2.36. The first kappa shape index (κ1) is 19.8. The maximum absolute atomic E-state index is 12.5. The number of aromatic nitrogens is 6. The van der Waals surface area contributed by atoms with E-state index in [4.69, 9.17) is 4.74 Å². The number of likely N-dealkylation sites (tertiary alicyclic amines) is 1. The van der Waals surface area contributed by atoms with Crippen molar-refractivity contribution in [3.05, 3.63) is 29.3 Å². The number of piperidine rings is 1. The van der Waals surface area contributed by atoms with E-state index in [1.54, 1.807) is 30.2 Å². The van der Waals surface area contributed by atoms with Gasteiger partial charge in [-0.2, -0.15) is 0 Å². The third-order valence-corrected chi connectivity index (χ3v) is 7.00. The first-order valence-electron chi connectivity index (χ1n) is 9.25. The Kier molecular flexibility index (Phi) is 6.05. The second-order valence-electron chi connectivity index (χ2n) is 6.67. The minimum atomic E-state index is 0.114. The van der Waals surface area contributed by atoms with Crippen LogP contribution in [0.1, 0.15) is 23.8 Å². The van der Waals surface area contributed by atoms with E-state index in [0.29, 0.717) is 16.8 Å². The number of tetrazole rings is 1. The average molecular weight is 432 g/mol. The number of benzene rings is 1. The van der Waals surface area contributed by atoms with Crippen molar-refractivity contribution in [1.82, 2.24) is 35.3 Å². The third-order valence-electron chi connectivity index (χ3n) is 4.88. The van der Waals surface area contributed by atoms with Crippen molar-refractivity contribution in [3.8, 4) is 16.3 Å². The summed E-state index contributed by atoms with van der Waals surface area (Å²) in [4.78, 5) is 14.4. The molecule has 0 aliphatic carbocycles. The molecule has 9 nitrogen and oxygen atoms in total. The van der Waals surface area contributed by atoms with Crippen molar-refractivity contribution < 1.29 is 9.53 Å². The standard InChI is InChI=1S/C18H21N7O2S2/c1-24-18(21-22-23-24)28-11-15(26)25-9-7-12(8-10-25)16-19-20-17(29-16)13-5-3-4-6-14(13)27-2/h3-6,12H,7-11H2,1-2H3. The predicted molar refractivity (Wildman–Crippen MR) is 110 cm³/mol. The highest BCUT2D eigenvalue weighted by Gasteiger charge is 2.27. The van der Waals surface area contributed by atoms with Gasteiger partial charge in [0.1, 0.15) is 10.8 Å². The quantitative estimate of drug-likeness (QED) is 0.548. The Balaban J connectivity index is 1.33. The lowest BCUT2D eigenvalue weighted by Crippen LogP contribution is -2.39. The molecule has 0 bridgehead atoms. The van der Waals surface area contributed by atoms with Gasteiger partial charge in [0, 0.05) is 26.1 Å². The summed E-state index contributed by atoms with van der Waals surface area (Å²) >= 11 is 2.97. The van der Waals surface area contributed by atoms with Crippen molar-refractivity contribution in [2.45, 2.75) is 23.9 Å². The van der Waals surface area contributed by atoms with Gasteiger partial charge in [0.05, 0.1) is 18.4 Å². The number of hydrogen-bond donors (Lipinski definition) is 0. The molecule has 0 N–H and O–H groups in total. The molecule has 29 heavy (non-hydrogen) atoms.